The Morgan fingerprint density at radius 2 is 1.56 bits per heavy atom. The van der Waals surface area contributed by atoms with Crippen LogP contribution in [0.4, 0.5) is 13.2 Å². The molecule has 1 unspecified atom stereocenters. The van der Waals surface area contributed by atoms with Gasteiger partial charge < -0.3 is 0 Å². The van der Waals surface area contributed by atoms with Crippen LogP contribution in [0.25, 0.3) is 0 Å². The van der Waals surface area contributed by atoms with Crippen molar-refractivity contribution in [2.75, 3.05) is 0 Å². The van der Waals surface area contributed by atoms with Crippen molar-refractivity contribution >= 4 is 21.7 Å². The van der Waals surface area contributed by atoms with Gasteiger partial charge in [0.25, 0.3) is 0 Å². The predicted molar refractivity (Wildman–Crippen MR) is 102 cm³/mol. The molecular weight excluding hydrogens is 417 g/mol. The van der Waals surface area contributed by atoms with E-state index in [4.69, 9.17) is 0 Å². The number of rotatable bonds is 4. The lowest BCUT2D eigenvalue weighted by molar-refractivity contribution is -0.120. The number of halogens is 4. The Labute approximate surface area is 164 Å². The van der Waals surface area contributed by atoms with Crippen molar-refractivity contribution in [1.82, 2.24) is 0 Å². The summed E-state index contributed by atoms with van der Waals surface area (Å²) in [5.41, 5.74) is -0.414. The highest BCUT2D eigenvalue weighted by molar-refractivity contribution is 9.10. The van der Waals surface area contributed by atoms with Crippen LogP contribution in [0.5, 0.6) is 0 Å². The van der Waals surface area contributed by atoms with Crippen LogP contribution in [0.15, 0.2) is 65.1 Å². The lowest BCUT2D eigenvalue weighted by atomic mass is 9.65. The van der Waals surface area contributed by atoms with Crippen LogP contribution in [0.1, 0.15) is 29.2 Å². The molecule has 0 aliphatic heterocycles. The number of aryl methyl sites for hydroxylation is 1. The van der Waals surface area contributed by atoms with Crippen molar-refractivity contribution in [2.45, 2.75) is 19.3 Å². The fraction of sp³-hybridized carbons (Fsp3) is 0.136. The van der Waals surface area contributed by atoms with Gasteiger partial charge >= 0.3 is 0 Å². The zero-order valence-electron chi connectivity index (χ0n) is 14.7. The summed E-state index contributed by atoms with van der Waals surface area (Å²) >= 11 is 3.33. The summed E-state index contributed by atoms with van der Waals surface area (Å²) in [6.45, 7) is 3.08. The molecule has 0 heterocycles. The molecule has 0 fully saturated rings. The van der Waals surface area contributed by atoms with Gasteiger partial charge in [0.05, 0.1) is 0 Å². The maximum absolute atomic E-state index is 14.9. The van der Waals surface area contributed by atoms with Gasteiger partial charge in [-0.05, 0) is 48.7 Å². The second-order valence-electron chi connectivity index (χ2n) is 6.38. The summed E-state index contributed by atoms with van der Waals surface area (Å²) in [5, 5.41) is 0. The normalized spacial score (nSPS) is 13.3. The van der Waals surface area contributed by atoms with Crippen molar-refractivity contribution < 1.29 is 18.0 Å². The summed E-state index contributed by atoms with van der Waals surface area (Å²) in [6, 6.07) is 15.1. The third-order valence-corrected chi connectivity index (χ3v) is 5.28. The third-order valence-electron chi connectivity index (χ3n) is 4.75. The first-order chi connectivity index (χ1) is 12.8. The highest BCUT2D eigenvalue weighted by Gasteiger charge is 2.45. The molecule has 0 aliphatic rings. The maximum atomic E-state index is 14.9. The van der Waals surface area contributed by atoms with E-state index in [0.717, 1.165) is 10.5 Å². The van der Waals surface area contributed by atoms with Gasteiger partial charge in [-0.2, -0.15) is 0 Å². The molecule has 0 saturated heterocycles. The zero-order valence-corrected chi connectivity index (χ0v) is 16.3. The molecule has 0 radical (unpaired) electrons. The van der Waals surface area contributed by atoms with Crippen molar-refractivity contribution in [3.63, 3.8) is 0 Å². The Kier molecular flexibility index (Phi) is 5.24. The number of carbonyl (C=O) groups excluding carboxylic acids is 1. The van der Waals surface area contributed by atoms with Crippen molar-refractivity contribution in [3.05, 3.63) is 105 Å². The minimum Gasteiger partial charge on any atom is -0.298 e. The highest BCUT2D eigenvalue weighted by Crippen LogP contribution is 2.43. The maximum Gasteiger partial charge on any atom is 0.163 e. The lowest BCUT2D eigenvalue weighted by Gasteiger charge is -2.35. The first-order valence-electron chi connectivity index (χ1n) is 8.26. The molecule has 0 amide bonds. The quantitative estimate of drug-likeness (QED) is 0.359. The molecule has 0 spiro atoms. The van der Waals surface area contributed by atoms with E-state index in [2.05, 4.69) is 15.9 Å². The summed E-state index contributed by atoms with van der Waals surface area (Å²) in [6.07, 6.45) is 0. The predicted octanol–water partition coefficient (Wildman–Crippen LogP) is 6.10. The molecule has 1 atom stereocenters. The number of Topliss-reactive ketones (excluding diaryl/α,β-unsaturated/α-hetero) is 1. The monoisotopic (exact) mass is 432 g/mol. The van der Waals surface area contributed by atoms with Crippen molar-refractivity contribution in [3.8, 4) is 0 Å². The minimum atomic E-state index is -1.68. The molecule has 0 aliphatic carbocycles. The average molecular weight is 433 g/mol. The van der Waals surface area contributed by atoms with Gasteiger partial charge in [0.2, 0.25) is 0 Å². The Balaban J connectivity index is 2.52. The number of benzene rings is 3. The molecule has 3 aromatic carbocycles. The standard InChI is InChI=1S/C22H16BrF3O/c1-13-5-3-4-6-18(13)22(14(2)27,15-7-9-16(23)10-8-15)19-11-17(24)12-20(25)21(19)26/h3-12H,1-2H3. The first kappa shape index (κ1) is 19.4. The number of hydrogen-bond acceptors (Lipinski definition) is 1. The Morgan fingerprint density at radius 1 is 0.926 bits per heavy atom. The SMILES string of the molecule is CC(=O)C(c1ccc(Br)cc1)(c1ccccc1C)c1cc(F)cc(F)c1F. The summed E-state index contributed by atoms with van der Waals surface area (Å²) < 4.78 is 43.8. The Morgan fingerprint density at radius 3 is 2.15 bits per heavy atom. The van der Waals surface area contributed by atoms with E-state index >= 15 is 0 Å². The molecule has 5 heteroatoms. The molecule has 3 aromatic rings. The second kappa shape index (κ2) is 7.31. The van der Waals surface area contributed by atoms with Crippen LogP contribution in [0.2, 0.25) is 0 Å². The van der Waals surface area contributed by atoms with E-state index in [0.29, 0.717) is 22.8 Å². The average Bonchev–Trinajstić information content (AvgIpc) is 2.62. The largest absolute Gasteiger partial charge is 0.298 e. The van der Waals surface area contributed by atoms with Crippen LogP contribution in [-0.2, 0) is 10.2 Å². The van der Waals surface area contributed by atoms with E-state index in [9.17, 15) is 18.0 Å². The summed E-state index contributed by atoms with van der Waals surface area (Å²) in [7, 11) is 0. The van der Waals surface area contributed by atoms with Gasteiger partial charge in [-0.25, -0.2) is 13.2 Å². The zero-order chi connectivity index (χ0) is 19.8. The van der Waals surface area contributed by atoms with Gasteiger partial charge in [-0.3, -0.25) is 4.79 Å². The third kappa shape index (κ3) is 3.21. The number of hydrogen-bond donors (Lipinski definition) is 0. The van der Waals surface area contributed by atoms with Gasteiger partial charge in [-0.1, -0.05) is 52.3 Å². The summed E-state index contributed by atoms with van der Waals surface area (Å²) in [5.74, 6) is -3.96. The van der Waals surface area contributed by atoms with Crippen LogP contribution in [0, 0.1) is 24.4 Å². The molecule has 0 aromatic heterocycles. The van der Waals surface area contributed by atoms with Gasteiger partial charge in [0.1, 0.15) is 17.0 Å². The van der Waals surface area contributed by atoms with Crippen LogP contribution >= 0.6 is 15.9 Å². The topological polar surface area (TPSA) is 17.1 Å². The van der Waals surface area contributed by atoms with Crippen LogP contribution in [0.3, 0.4) is 0 Å². The van der Waals surface area contributed by atoms with E-state index in [1.807, 2.05) is 0 Å². The molecule has 138 valence electrons. The fourth-order valence-electron chi connectivity index (χ4n) is 3.56. The van der Waals surface area contributed by atoms with Gasteiger partial charge in [0.15, 0.2) is 11.6 Å². The van der Waals surface area contributed by atoms with Gasteiger partial charge in [-0.15, -0.1) is 0 Å². The minimum absolute atomic E-state index is 0.343. The molecule has 0 bridgehead atoms. The Hall–Kier alpha value is -2.40. The van der Waals surface area contributed by atoms with Crippen molar-refractivity contribution in [2.24, 2.45) is 0 Å². The molecule has 1 nitrogen and oxygen atoms in total. The summed E-state index contributed by atoms with van der Waals surface area (Å²) in [4.78, 5) is 13.1. The smallest absolute Gasteiger partial charge is 0.163 e. The highest BCUT2D eigenvalue weighted by atomic mass is 79.9. The number of carbonyl (C=O) groups is 1. The van der Waals surface area contributed by atoms with Gasteiger partial charge in [0, 0.05) is 16.1 Å². The second-order valence-corrected chi connectivity index (χ2v) is 7.29. The van der Waals surface area contributed by atoms with E-state index in [1.165, 1.54) is 6.92 Å². The van der Waals surface area contributed by atoms with Crippen LogP contribution < -0.4 is 0 Å². The molecule has 0 N–H and O–H groups in total. The number of ketones is 1. The first-order valence-corrected chi connectivity index (χ1v) is 9.06. The fourth-order valence-corrected chi connectivity index (χ4v) is 3.83. The Bertz CT molecular complexity index is 1010. The van der Waals surface area contributed by atoms with Crippen LogP contribution in [-0.4, -0.2) is 5.78 Å². The lowest BCUT2D eigenvalue weighted by Crippen LogP contribution is -2.39. The van der Waals surface area contributed by atoms with E-state index < -0.39 is 28.6 Å². The van der Waals surface area contributed by atoms with E-state index in [1.54, 1.807) is 55.5 Å². The van der Waals surface area contributed by atoms with Crippen molar-refractivity contribution in [1.29, 1.82) is 0 Å². The van der Waals surface area contributed by atoms with E-state index in [-0.39, 0.29) is 5.56 Å². The molecule has 3 rings (SSSR count). The molecular formula is C22H16BrF3O. The molecule has 27 heavy (non-hydrogen) atoms. The molecule has 0 saturated carbocycles.